The molecule has 1 atom stereocenters. The molecule has 4 rings (SSSR count). The summed E-state index contributed by atoms with van der Waals surface area (Å²) in [7, 11) is 0. The average Bonchev–Trinajstić information content (AvgIpc) is 3.08. The molecule has 0 saturated heterocycles. The topological polar surface area (TPSA) is 63.9 Å². The molecule has 1 aliphatic rings. The zero-order valence-electron chi connectivity index (χ0n) is 16.7. The van der Waals surface area contributed by atoms with E-state index in [9.17, 15) is 4.79 Å². The van der Waals surface area contributed by atoms with Crippen molar-refractivity contribution in [1.29, 1.82) is 0 Å². The normalized spacial score (nSPS) is 16.4. The Kier molecular flexibility index (Phi) is 5.91. The van der Waals surface area contributed by atoms with Gasteiger partial charge >= 0.3 is 0 Å². The summed E-state index contributed by atoms with van der Waals surface area (Å²) in [4.78, 5) is 16.2. The fourth-order valence-corrected chi connectivity index (χ4v) is 5.29. The van der Waals surface area contributed by atoms with E-state index in [2.05, 4.69) is 41.5 Å². The van der Waals surface area contributed by atoms with Crippen LogP contribution in [0.2, 0.25) is 0 Å². The second-order valence-electron chi connectivity index (χ2n) is 7.18. The SMILES string of the molecule is Cc1ccc(-n2nnnc2SCC(=O)N2CCC(C)Sc3ccccc32)c(C)c1. The van der Waals surface area contributed by atoms with E-state index in [1.54, 1.807) is 4.68 Å². The molecule has 6 nitrogen and oxygen atoms in total. The Labute approximate surface area is 179 Å². The summed E-state index contributed by atoms with van der Waals surface area (Å²) in [5, 5.41) is 13.2. The first-order valence-corrected chi connectivity index (χ1v) is 11.4. The van der Waals surface area contributed by atoms with Gasteiger partial charge in [0.2, 0.25) is 11.1 Å². The van der Waals surface area contributed by atoms with Crippen LogP contribution in [0.4, 0.5) is 5.69 Å². The van der Waals surface area contributed by atoms with Gasteiger partial charge in [-0.15, -0.1) is 16.9 Å². The van der Waals surface area contributed by atoms with Crippen LogP contribution in [-0.4, -0.2) is 43.7 Å². The van der Waals surface area contributed by atoms with E-state index >= 15 is 0 Å². The molecule has 150 valence electrons. The van der Waals surface area contributed by atoms with Gasteiger partial charge in [-0.2, -0.15) is 4.68 Å². The first-order valence-electron chi connectivity index (χ1n) is 9.58. The molecular formula is C21H23N5OS2. The number of hydrogen-bond acceptors (Lipinski definition) is 6. The molecule has 0 saturated carbocycles. The molecule has 0 aliphatic carbocycles. The molecule has 1 aliphatic heterocycles. The number of rotatable bonds is 4. The van der Waals surface area contributed by atoms with Crippen LogP contribution in [-0.2, 0) is 4.79 Å². The Morgan fingerprint density at radius 2 is 2.03 bits per heavy atom. The number of anilines is 1. The van der Waals surface area contributed by atoms with E-state index < -0.39 is 0 Å². The van der Waals surface area contributed by atoms with Gasteiger partial charge in [-0.25, -0.2) is 0 Å². The molecule has 0 N–H and O–H groups in total. The van der Waals surface area contributed by atoms with Crippen LogP contribution in [0.3, 0.4) is 0 Å². The van der Waals surface area contributed by atoms with Gasteiger partial charge in [0.1, 0.15) is 0 Å². The largest absolute Gasteiger partial charge is 0.311 e. The van der Waals surface area contributed by atoms with Crippen molar-refractivity contribution in [2.75, 3.05) is 17.2 Å². The highest BCUT2D eigenvalue weighted by molar-refractivity contribution is 8.00. The van der Waals surface area contributed by atoms with E-state index in [-0.39, 0.29) is 5.91 Å². The number of carbonyl (C=O) groups is 1. The predicted molar refractivity (Wildman–Crippen MR) is 118 cm³/mol. The summed E-state index contributed by atoms with van der Waals surface area (Å²) in [6, 6.07) is 14.3. The van der Waals surface area contributed by atoms with Crippen molar-refractivity contribution in [2.24, 2.45) is 0 Å². The van der Waals surface area contributed by atoms with Crippen LogP contribution in [0.15, 0.2) is 52.5 Å². The fraction of sp³-hybridized carbons (Fsp3) is 0.333. The molecule has 8 heteroatoms. The maximum absolute atomic E-state index is 13.1. The lowest BCUT2D eigenvalue weighted by molar-refractivity contribution is -0.116. The van der Waals surface area contributed by atoms with Gasteiger partial charge in [0.25, 0.3) is 0 Å². The molecule has 2 heterocycles. The summed E-state index contributed by atoms with van der Waals surface area (Å²) in [6.45, 7) is 7.04. The van der Waals surface area contributed by atoms with Crippen molar-refractivity contribution in [3.63, 3.8) is 0 Å². The van der Waals surface area contributed by atoms with Gasteiger partial charge in [-0.3, -0.25) is 4.79 Å². The molecule has 0 bridgehead atoms. The number of benzene rings is 2. The number of tetrazole rings is 1. The van der Waals surface area contributed by atoms with Crippen LogP contribution in [0.5, 0.6) is 0 Å². The van der Waals surface area contributed by atoms with Gasteiger partial charge < -0.3 is 4.90 Å². The zero-order chi connectivity index (χ0) is 20.4. The minimum Gasteiger partial charge on any atom is -0.311 e. The molecule has 1 unspecified atom stereocenters. The molecule has 1 aromatic heterocycles. The maximum atomic E-state index is 13.1. The van der Waals surface area contributed by atoms with Crippen molar-refractivity contribution in [3.8, 4) is 5.69 Å². The maximum Gasteiger partial charge on any atom is 0.237 e. The van der Waals surface area contributed by atoms with Gasteiger partial charge in [-0.1, -0.05) is 48.5 Å². The van der Waals surface area contributed by atoms with Crippen molar-refractivity contribution in [3.05, 3.63) is 53.6 Å². The fourth-order valence-electron chi connectivity index (χ4n) is 3.41. The number of thioether (sulfide) groups is 2. The minimum absolute atomic E-state index is 0.0762. The van der Waals surface area contributed by atoms with Crippen LogP contribution in [0, 0.1) is 13.8 Å². The highest BCUT2D eigenvalue weighted by atomic mass is 32.2. The lowest BCUT2D eigenvalue weighted by atomic mass is 10.1. The average molecular weight is 426 g/mol. The molecule has 3 aromatic rings. The van der Waals surface area contributed by atoms with Crippen LogP contribution in [0.1, 0.15) is 24.5 Å². The van der Waals surface area contributed by atoms with E-state index in [1.807, 2.05) is 53.9 Å². The molecule has 0 radical (unpaired) electrons. The van der Waals surface area contributed by atoms with Crippen LogP contribution < -0.4 is 4.90 Å². The first kappa shape index (κ1) is 20.0. The van der Waals surface area contributed by atoms with Crippen molar-refractivity contribution >= 4 is 35.1 Å². The monoisotopic (exact) mass is 425 g/mol. The number of fused-ring (bicyclic) bond motifs is 1. The van der Waals surface area contributed by atoms with Gasteiger partial charge in [0.05, 0.1) is 17.1 Å². The predicted octanol–water partition coefficient (Wildman–Crippen LogP) is 4.29. The molecule has 2 aromatic carbocycles. The van der Waals surface area contributed by atoms with Crippen molar-refractivity contribution in [2.45, 2.75) is 42.5 Å². The lowest BCUT2D eigenvalue weighted by Gasteiger charge is -2.22. The summed E-state index contributed by atoms with van der Waals surface area (Å²) >= 11 is 3.21. The van der Waals surface area contributed by atoms with Gasteiger partial charge in [0, 0.05) is 16.7 Å². The van der Waals surface area contributed by atoms with E-state index in [1.165, 1.54) is 17.3 Å². The quantitative estimate of drug-likeness (QED) is 0.581. The summed E-state index contributed by atoms with van der Waals surface area (Å²) in [6.07, 6.45) is 0.968. The van der Waals surface area contributed by atoms with Gasteiger partial charge in [0.15, 0.2) is 0 Å². The third-order valence-electron chi connectivity index (χ3n) is 4.89. The number of nitrogens with zero attached hydrogens (tertiary/aromatic N) is 5. The standard InChI is InChI=1S/C21H23N5OS2/c1-14-8-9-17(15(2)12-14)26-21(22-23-24-26)28-13-20(27)25-11-10-16(3)29-19-7-5-4-6-18(19)25/h4-9,12,16H,10-11,13H2,1-3H3. The Morgan fingerprint density at radius 3 is 2.86 bits per heavy atom. The van der Waals surface area contributed by atoms with Crippen LogP contribution in [0.25, 0.3) is 5.69 Å². The molecule has 0 fully saturated rings. The van der Waals surface area contributed by atoms with E-state index in [0.29, 0.717) is 16.2 Å². The van der Waals surface area contributed by atoms with Crippen molar-refractivity contribution < 1.29 is 4.79 Å². The number of aryl methyl sites for hydroxylation is 2. The molecule has 1 amide bonds. The Balaban J connectivity index is 1.52. The summed E-state index contributed by atoms with van der Waals surface area (Å²) in [5.41, 5.74) is 4.22. The van der Waals surface area contributed by atoms with Crippen LogP contribution >= 0.6 is 23.5 Å². The van der Waals surface area contributed by atoms with Crippen molar-refractivity contribution in [1.82, 2.24) is 20.2 Å². The molecule has 29 heavy (non-hydrogen) atoms. The number of amides is 1. The van der Waals surface area contributed by atoms with E-state index in [0.717, 1.165) is 34.8 Å². The summed E-state index contributed by atoms with van der Waals surface area (Å²) in [5.74, 6) is 0.367. The Morgan fingerprint density at radius 1 is 1.21 bits per heavy atom. The zero-order valence-corrected chi connectivity index (χ0v) is 18.3. The third-order valence-corrected chi connectivity index (χ3v) is 7.03. The Hall–Kier alpha value is -2.32. The first-order chi connectivity index (χ1) is 14.0. The van der Waals surface area contributed by atoms with Gasteiger partial charge in [-0.05, 0) is 54.5 Å². The third kappa shape index (κ3) is 4.33. The number of hydrogen-bond donors (Lipinski definition) is 0. The number of para-hydroxylation sites is 1. The highest BCUT2D eigenvalue weighted by Crippen LogP contribution is 2.37. The lowest BCUT2D eigenvalue weighted by Crippen LogP contribution is -2.33. The number of aromatic nitrogens is 4. The molecule has 0 spiro atoms. The number of carbonyl (C=O) groups excluding carboxylic acids is 1. The Bertz CT molecular complexity index is 1040. The second kappa shape index (κ2) is 8.59. The highest BCUT2D eigenvalue weighted by Gasteiger charge is 2.24. The molecular weight excluding hydrogens is 402 g/mol. The second-order valence-corrected chi connectivity index (χ2v) is 9.60. The minimum atomic E-state index is 0.0762. The van der Waals surface area contributed by atoms with E-state index in [4.69, 9.17) is 0 Å². The smallest absolute Gasteiger partial charge is 0.237 e. The summed E-state index contributed by atoms with van der Waals surface area (Å²) < 4.78 is 1.71.